The van der Waals surface area contributed by atoms with Crippen LogP contribution < -0.4 is 0 Å². The Balaban J connectivity index is 1.34. The topological polar surface area (TPSA) is 52.6 Å². The molecule has 0 spiro atoms. The van der Waals surface area contributed by atoms with Gasteiger partial charge < -0.3 is 8.92 Å². The summed E-state index contributed by atoms with van der Waals surface area (Å²) in [7, 11) is -3.50. The second-order valence-electron chi connectivity index (χ2n) is 12.1. The first kappa shape index (κ1) is 30.6. The van der Waals surface area contributed by atoms with Gasteiger partial charge in [0, 0.05) is 14.7 Å². The van der Waals surface area contributed by atoms with Gasteiger partial charge in [-0.25, -0.2) is 9.59 Å². The van der Waals surface area contributed by atoms with Gasteiger partial charge in [0.15, 0.2) is 0 Å². The Labute approximate surface area is 252 Å². The van der Waals surface area contributed by atoms with Crippen molar-refractivity contribution < 1.29 is 44.9 Å². The molecule has 4 nitrogen and oxygen atoms in total. The molecule has 0 heterocycles. The summed E-state index contributed by atoms with van der Waals surface area (Å²) in [5.74, 6) is -24.0. The zero-order chi connectivity index (χ0) is 31.4. The van der Waals surface area contributed by atoms with E-state index in [-0.39, 0.29) is 51.7 Å². The highest BCUT2D eigenvalue weighted by atomic mass is 32.3. The van der Waals surface area contributed by atoms with Gasteiger partial charge in [0.2, 0.25) is 0 Å². The van der Waals surface area contributed by atoms with Gasteiger partial charge in [-0.3, -0.25) is 0 Å². The summed E-state index contributed by atoms with van der Waals surface area (Å²) in [5.41, 5.74) is -1.39. The molecule has 0 N–H and O–H groups in total. The van der Waals surface area contributed by atoms with Gasteiger partial charge in [0.25, 0.3) is 0 Å². The van der Waals surface area contributed by atoms with E-state index in [0.717, 1.165) is 19.3 Å². The molecule has 4 aliphatic carbocycles. The lowest BCUT2D eigenvalue weighted by Crippen LogP contribution is -2.63. The molecule has 3 aromatic carbocycles. The van der Waals surface area contributed by atoms with Gasteiger partial charge in [-0.15, -0.1) is 0 Å². The van der Waals surface area contributed by atoms with Crippen LogP contribution in [-0.4, -0.2) is 35.3 Å². The summed E-state index contributed by atoms with van der Waals surface area (Å²) in [6.45, 7) is 0. The largest absolute Gasteiger partial charge is 0.454 e. The maximum atomic E-state index is 15.5. The van der Waals surface area contributed by atoms with Gasteiger partial charge in [0.05, 0.1) is 0 Å². The minimum absolute atomic E-state index is 0.102. The number of carbonyl (C=O) groups excluding carboxylic acids is 2. The van der Waals surface area contributed by atoms with Crippen molar-refractivity contribution in [3.05, 3.63) is 91.0 Å². The fourth-order valence-electron chi connectivity index (χ4n) is 7.43. The molecule has 4 aliphatic rings. The number of halogens is 6. The Bertz CT molecular complexity index is 1390. The molecule has 0 aliphatic heterocycles. The van der Waals surface area contributed by atoms with Crippen molar-refractivity contribution in [1.82, 2.24) is 0 Å². The average Bonchev–Trinajstić information content (AvgIpc) is 3.00. The number of rotatable bonds is 9. The van der Waals surface area contributed by atoms with Crippen LogP contribution in [0.2, 0.25) is 0 Å². The Morgan fingerprint density at radius 3 is 1.30 bits per heavy atom. The Morgan fingerprint density at radius 1 is 0.591 bits per heavy atom. The fraction of sp³-hybridized carbons (Fsp3) is 0.394. The molecule has 3 aromatic rings. The molecule has 4 fully saturated rings. The minimum atomic E-state index is -6.47. The van der Waals surface area contributed by atoms with Crippen molar-refractivity contribution in [2.24, 2.45) is 17.8 Å². The molecule has 11 heteroatoms. The number of ether oxygens (including phenoxy) is 1. The molecule has 0 unspecified atom stereocenters. The van der Waals surface area contributed by atoms with E-state index in [4.69, 9.17) is 8.92 Å². The molecule has 4 bridgehead atoms. The second-order valence-corrected chi connectivity index (χ2v) is 14.8. The van der Waals surface area contributed by atoms with Gasteiger partial charge >= 0.3 is 29.7 Å². The van der Waals surface area contributed by atoms with E-state index in [2.05, 4.69) is 0 Å². The van der Waals surface area contributed by atoms with Crippen molar-refractivity contribution in [2.45, 2.75) is 76.6 Å². The summed E-state index contributed by atoms with van der Waals surface area (Å²) >= 11 is 0. The molecule has 7 rings (SSSR count). The zero-order valence-corrected chi connectivity index (χ0v) is 24.3. The summed E-state index contributed by atoms with van der Waals surface area (Å²) in [6.07, 6.45) is 3.18. The molecule has 234 valence electrons. The summed E-state index contributed by atoms with van der Waals surface area (Å²) in [6, 6.07) is 22.9. The third-order valence-corrected chi connectivity index (χ3v) is 12.2. The van der Waals surface area contributed by atoms with Crippen molar-refractivity contribution in [3.8, 4) is 0 Å². The first-order chi connectivity index (χ1) is 20.8. The highest BCUT2D eigenvalue weighted by Gasteiger charge is 2.80. The van der Waals surface area contributed by atoms with Crippen LogP contribution in [0.1, 0.15) is 38.5 Å². The number of benzene rings is 3. The number of hydrogen-bond acceptors (Lipinski definition) is 4. The van der Waals surface area contributed by atoms with Crippen LogP contribution in [0.4, 0.5) is 26.3 Å². The molecule has 4 saturated carbocycles. The van der Waals surface area contributed by atoms with Crippen molar-refractivity contribution in [2.75, 3.05) is 0 Å². The standard InChI is InChI=1S/C33H30F6O4S/c34-31(35,28(40)42-30-19-22-16-23(20-30)18-24(17-22)21-30)33(38,39)32(36,37)29(41)43-44(25-10-4-1-5-11-25,26-12-6-2-7-13-26)27-14-8-3-9-15-27/h1-15,22-24H,16-21H2. The zero-order valence-electron chi connectivity index (χ0n) is 23.4. The van der Waals surface area contributed by atoms with Crippen LogP contribution in [0.3, 0.4) is 0 Å². The van der Waals surface area contributed by atoms with Crippen molar-refractivity contribution in [3.63, 3.8) is 0 Å². The molecule has 0 atom stereocenters. The highest BCUT2D eigenvalue weighted by Crippen LogP contribution is 2.70. The van der Waals surface area contributed by atoms with E-state index in [1.165, 1.54) is 72.8 Å². The van der Waals surface area contributed by atoms with Crippen LogP contribution in [0, 0.1) is 17.8 Å². The predicted molar refractivity (Wildman–Crippen MR) is 150 cm³/mol. The molecular weight excluding hydrogens is 606 g/mol. The first-order valence-electron chi connectivity index (χ1n) is 14.4. The van der Waals surface area contributed by atoms with E-state index in [1.54, 1.807) is 18.2 Å². The number of alkyl halides is 6. The normalized spacial score (nSPS) is 25.4. The Morgan fingerprint density at radius 2 is 0.932 bits per heavy atom. The highest BCUT2D eigenvalue weighted by molar-refractivity contribution is 8.30. The average molecular weight is 637 g/mol. The van der Waals surface area contributed by atoms with Crippen molar-refractivity contribution >= 4 is 22.2 Å². The molecule has 0 amide bonds. The Hall–Kier alpha value is -3.47. The molecule has 44 heavy (non-hydrogen) atoms. The SMILES string of the molecule is O=C(OC12CC3CC(CC(C3)C1)C2)C(F)(F)C(F)(F)C(F)(F)C(=O)OS(c1ccccc1)(c1ccccc1)c1ccccc1. The van der Waals surface area contributed by atoms with Crippen LogP contribution in [0.5, 0.6) is 0 Å². The quantitative estimate of drug-likeness (QED) is 0.174. The number of esters is 1. The maximum absolute atomic E-state index is 15.5. The Kier molecular flexibility index (Phi) is 7.54. The fourth-order valence-corrected chi connectivity index (χ4v) is 10.5. The smallest absolute Gasteiger partial charge is 0.412 e. The predicted octanol–water partition coefficient (Wildman–Crippen LogP) is 8.84. The van der Waals surface area contributed by atoms with Gasteiger partial charge in [-0.2, -0.15) is 26.3 Å². The van der Waals surface area contributed by atoms with Crippen molar-refractivity contribution in [1.29, 1.82) is 0 Å². The third kappa shape index (κ3) is 4.87. The van der Waals surface area contributed by atoms with E-state index in [1.807, 2.05) is 0 Å². The molecule has 0 aromatic heterocycles. The minimum Gasteiger partial charge on any atom is -0.454 e. The summed E-state index contributed by atoms with van der Waals surface area (Å²) in [5, 5.41) is 0. The maximum Gasteiger partial charge on any atom is 0.412 e. The lowest BCUT2D eigenvalue weighted by Gasteiger charge is -2.55. The number of carbonyl (C=O) groups is 2. The van der Waals surface area contributed by atoms with Gasteiger partial charge in [0.1, 0.15) is 5.60 Å². The molecule has 0 radical (unpaired) electrons. The summed E-state index contributed by atoms with van der Waals surface area (Å²) in [4.78, 5) is 26.4. The lowest BCUT2D eigenvalue weighted by molar-refractivity contribution is -0.304. The lowest BCUT2D eigenvalue weighted by atomic mass is 9.54. The van der Waals surface area contributed by atoms with Gasteiger partial charge in [-0.05, 0) is 103 Å². The van der Waals surface area contributed by atoms with E-state index in [9.17, 15) is 9.59 Å². The van der Waals surface area contributed by atoms with E-state index in [0.29, 0.717) is 0 Å². The number of hydrogen-bond donors (Lipinski definition) is 0. The van der Waals surface area contributed by atoms with Crippen LogP contribution in [-0.2, 0) is 18.5 Å². The third-order valence-electron chi connectivity index (χ3n) is 9.02. The van der Waals surface area contributed by atoms with Crippen LogP contribution in [0.15, 0.2) is 106 Å². The van der Waals surface area contributed by atoms with Crippen LogP contribution >= 0.6 is 10.3 Å². The first-order valence-corrected chi connectivity index (χ1v) is 16.0. The second kappa shape index (κ2) is 10.9. The molecule has 0 saturated heterocycles. The monoisotopic (exact) mass is 636 g/mol. The summed E-state index contributed by atoms with van der Waals surface area (Å²) < 4.78 is 103. The molecular formula is C33H30F6O4S. The van der Waals surface area contributed by atoms with Crippen LogP contribution in [0.25, 0.3) is 0 Å². The van der Waals surface area contributed by atoms with Gasteiger partial charge in [-0.1, -0.05) is 54.6 Å². The van der Waals surface area contributed by atoms with E-state index >= 15 is 26.3 Å². The van der Waals surface area contributed by atoms with E-state index < -0.39 is 45.6 Å².